The summed E-state index contributed by atoms with van der Waals surface area (Å²) in [4.78, 5) is 28.1. The molecule has 0 aliphatic carbocycles. The van der Waals surface area contributed by atoms with Crippen molar-refractivity contribution in [3.8, 4) is 0 Å². The van der Waals surface area contributed by atoms with E-state index in [0.29, 0.717) is 32.4 Å². The fourth-order valence-corrected chi connectivity index (χ4v) is 5.43. The minimum absolute atomic E-state index is 0.0298. The van der Waals surface area contributed by atoms with Crippen molar-refractivity contribution in [2.24, 2.45) is 5.92 Å². The SMILES string of the molecule is CCCS(=O)(=O)NC1CCN(C(=O)C2CC(=O)N(c3cccc(C(F)(F)F)c3)C2)CC1. The van der Waals surface area contributed by atoms with Crippen molar-refractivity contribution in [1.82, 2.24) is 9.62 Å². The Balaban J connectivity index is 1.59. The van der Waals surface area contributed by atoms with Crippen molar-refractivity contribution >= 4 is 27.5 Å². The van der Waals surface area contributed by atoms with Crippen LogP contribution >= 0.6 is 0 Å². The van der Waals surface area contributed by atoms with Crippen LogP contribution in [0.15, 0.2) is 24.3 Å². The Morgan fingerprint density at radius 3 is 2.52 bits per heavy atom. The third kappa shape index (κ3) is 5.76. The molecular weight excluding hydrogens is 435 g/mol. The highest BCUT2D eigenvalue weighted by atomic mass is 32.2. The molecule has 11 heteroatoms. The number of rotatable bonds is 6. The first-order valence-electron chi connectivity index (χ1n) is 10.3. The topological polar surface area (TPSA) is 86.8 Å². The molecule has 172 valence electrons. The number of alkyl halides is 3. The van der Waals surface area contributed by atoms with Crippen LogP contribution in [0.3, 0.4) is 0 Å². The van der Waals surface area contributed by atoms with E-state index in [1.165, 1.54) is 17.0 Å². The van der Waals surface area contributed by atoms with E-state index in [-0.39, 0.29) is 42.3 Å². The summed E-state index contributed by atoms with van der Waals surface area (Å²) in [5.41, 5.74) is -0.723. The second-order valence-electron chi connectivity index (χ2n) is 7.99. The van der Waals surface area contributed by atoms with Gasteiger partial charge in [-0.2, -0.15) is 13.2 Å². The molecule has 1 N–H and O–H groups in total. The summed E-state index contributed by atoms with van der Waals surface area (Å²) in [6.45, 7) is 2.55. The molecule has 2 heterocycles. The highest BCUT2D eigenvalue weighted by molar-refractivity contribution is 7.89. The standard InChI is InChI=1S/C20H26F3N3O4S/c1-2-10-31(29,30)24-16-6-8-25(9-7-16)19(28)14-11-18(27)26(13-14)17-5-3-4-15(12-17)20(21,22)23/h3-5,12,14,16,24H,2,6-11,13H2,1H3. The van der Waals surface area contributed by atoms with Gasteiger partial charge in [0, 0.05) is 37.8 Å². The van der Waals surface area contributed by atoms with Gasteiger partial charge in [0.05, 0.1) is 17.2 Å². The van der Waals surface area contributed by atoms with Gasteiger partial charge in [-0.25, -0.2) is 13.1 Å². The number of nitrogens with one attached hydrogen (secondary N) is 1. The van der Waals surface area contributed by atoms with Crippen LogP contribution in [0.5, 0.6) is 0 Å². The highest BCUT2D eigenvalue weighted by Crippen LogP contribution is 2.34. The maximum atomic E-state index is 13.0. The van der Waals surface area contributed by atoms with Gasteiger partial charge in [0.1, 0.15) is 0 Å². The zero-order valence-corrected chi connectivity index (χ0v) is 18.0. The van der Waals surface area contributed by atoms with E-state index in [2.05, 4.69) is 4.72 Å². The first-order valence-corrected chi connectivity index (χ1v) is 11.9. The summed E-state index contributed by atoms with van der Waals surface area (Å²) in [6.07, 6.45) is -3.10. The number of piperidine rings is 1. The fourth-order valence-electron chi connectivity index (χ4n) is 4.03. The van der Waals surface area contributed by atoms with Gasteiger partial charge in [0.25, 0.3) is 0 Å². The lowest BCUT2D eigenvalue weighted by molar-refractivity contribution is -0.138. The van der Waals surface area contributed by atoms with Crippen LogP contribution < -0.4 is 9.62 Å². The average molecular weight is 462 g/mol. The maximum Gasteiger partial charge on any atom is 0.416 e. The molecule has 31 heavy (non-hydrogen) atoms. The van der Waals surface area contributed by atoms with Gasteiger partial charge in [-0.15, -0.1) is 0 Å². The monoisotopic (exact) mass is 461 g/mol. The Morgan fingerprint density at radius 1 is 1.23 bits per heavy atom. The van der Waals surface area contributed by atoms with Gasteiger partial charge in [-0.05, 0) is 37.5 Å². The number of nitrogens with zero attached hydrogens (tertiary/aromatic N) is 2. The number of hydrogen-bond acceptors (Lipinski definition) is 4. The Morgan fingerprint density at radius 2 is 1.90 bits per heavy atom. The number of anilines is 1. The lowest BCUT2D eigenvalue weighted by atomic mass is 10.0. The van der Waals surface area contributed by atoms with Crippen LogP contribution in [0.1, 0.15) is 38.2 Å². The fraction of sp³-hybridized carbons (Fsp3) is 0.600. The molecule has 0 radical (unpaired) electrons. The van der Waals surface area contributed by atoms with E-state index in [1.807, 2.05) is 0 Å². The minimum Gasteiger partial charge on any atom is -0.342 e. The second kappa shape index (κ2) is 9.15. The molecule has 0 saturated carbocycles. The lowest BCUT2D eigenvalue weighted by Gasteiger charge is -2.33. The molecule has 1 atom stereocenters. The number of hydrogen-bond donors (Lipinski definition) is 1. The normalized spacial score (nSPS) is 21.0. The number of carbonyl (C=O) groups excluding carboxylic acids is 2. The number of benzene rings is 1. The molecule has 1 aromatic rings. The third-order valence-corrected chi connectivity index (χ3v) is 7.22. The van der Waals surface area contributed by atoms with Crippen LogP contribution in [0.25, 0.3) is 0 Å². The molecule has 1 unspecified atom stereocenters. The number of halogens is 3. The van der Waals surface area contributed by atoms with Crippen LogP contribution in [-0.2, 0) is 25.8 Å². The first kappa shape index (κ1) is 23.5. The van der Waals surface area contributed by atoms with Crippen molar-refractivity contribution in [2.75, 3.05) is 30.3 Å². The number of likely N-dealkylation sites (tertiary alicyclic amines) is 1. The molecule has 3 rings (SSSR count). The van der Waals surface area contributed by atoms with Gasteiger partial charge >= 0.3 is 6.18 Å². The zero-order valence-electron chi connectivity index (χ0n) is 17.2. The molecule has 2 saturated heterocycles. The summed E-state index contributed by atoms with van der Waals surface area (Å²) in [6, 6.07) is 4.29. The van der Waals surface area contributed by atoms with Crippen molar-refractivity contribution in [3.63, 3.8) is 0 Å². The third-order valence-electron chi connectivity index (χ3n) is 5.59. The smallest absolute Gasteiger partial charge is 0.342 e. The summed E-state index contributed by atoms with van der Waals surface area (Å²) in [7, 11) is -3.33. The molecule has 2 aliphatic heterocycles. The predicted molar refractivity (Wildman–Crippen MR) is 109 cm³/mol. The van der Waals surface area contributed by atoms with Gasteiger partial charge in [0.15, 0.2) is 0 Å². The van der Waals surface area contributed by atoms with Gasteiger partial charge < -0.3 is 9.80 Å². The molecule has 0 aromatic heterocycles. The van der Waals surface area contributed by atoms with Crippen LogP contribution in [-0.4, -0.2) is 56.6 Å². The Labute approximate surface area is 179 Å². The van der Waals surface area contributed by atoms with E-state index in [4.69, 9.17) is 0 Å². The van der Waals surface area contributed by atoms with Crippen molar-refractivity contribution < 1.29 is 31.2 Å². The first-order chi connectivity index (χ1) is 14.5. The molecule has 0 spiro atoms. The van der Waals surface area contributed by atoms with Gasteiger partial charge in [-0.3, -0.25) is 9.59 Å². The Bertz CT molecular complexity index is 928. The van der Waals surface area contributed by atoms with Gasteiger partial charge in [-0.1, -0.05) is 13.0 Å². The predicted octanol–water partition coefficient (Wildman–Crippen LogP) is 2.38. The van der Waals surface area contributed by atoms with Crippen LogP contribution in [0, 0.1) is 5.92 Å². The zero-order chi connectivity index (χ0) is 22.8. The van der Waals surface area contributed by atoms with E-state index in [9.17, 15) is 31.2 Å². The maximum absolute atomic E-state index is 13.0. The summed E-state index contributed by atoms with van der Waals surface area (Å²) < 4.78 is 65.4. The van der Waals surface area contributed by atoms with E-state index >= 15 is 0 Å². The lowest BCUT2D eigenvalue weighted by Crippen LogP contribution is -2.48. The minimum atomic E-state index is -4.52. The molecule has 0 bridgehead atoms. The molecule has 2 amide bonds. The average Bonchev–Trinajstić information content (AvgIpc) is 3.09. The Hall–Kier alpha value is -2.14. The van der Waals surface area contributed by atoms with Crippen LogP contribution in [0.2, 0.25) is 0 Å². The summed E-state index contributed by atoms with van der Waals surface area (Å²) in [5, 5.41) is 0. The van der Waals surface area contributed by atoms with Gasteiger partial charge in [0.2, 0.25) is 21.8 Å². The summed E-state index contributed by atoms with van der Waals surface area (Å²) in [5.74, 6) is -1.19. The number of amides is 2. The van der Waals surface area contributed by atoms with E-state index in [0.717, 1.165) is 12.1 Å². The number of sulfonamides is 1. The molecular formula is C20H26F3N3O4S. The second-order valence-corrected chi connectivity index (χ2v) is 9.86. The molecule has 2 fully saturated rings. The van der Waals surface area contributed by atoms with E-state index < -0.39 is 27.7 Å². The van der Waals surface area contributed by atoms with Crippen molar-refractivity contribution in [1.29, 1.82) is 0 Å². The summed E-state index contributed by atoms with van der Waals surface area (Å²) >= 11 is 0. The largest absolute Gasteiger partial charge is 0.416 e. The quantitative estimate of drug-likeness (QED) is 0.705. The molecule has 2 aliphatic rings. The Kier molecular flexibility index (Phi) is 6.95. The molecule has 7 nitrogen and oxygen atoms in total. The van der Waals surface area contributed by atoms with Crippen molar-refractivity contribution in [2.45, 2.75) is 44.8 Å². The highest BCUT2D eigenvalue weighted by Gasteiger charge is 2.39. The van der Waals surface area contributed by atoms with Crippen LogP contribution in [0.4, 0.5) is 18.9 Å². The van der Waals surface area contributed by atoms with Crippen molar-refractivity contribution in [3.05, 3.63) is 29.8 Å². The molecule has 1 aromatic carbocycles. The van der Waals surface area contributed by atoms with E-state index in [1.54, 1.807) is 11.8 Å². The number of carbonyl (C=O) groups is 2.